The van der Waals surface area contributed by atoms with Crippen molar-refractivity contribution in [3.63, 3.8) is 0 Å². The molecule has 1 aromatic rings. The summed E-state index contributed by atoms with van der Waals surface area (Å²) >= 11 is 0. The van der Waals surface area contributed by atoms with E-state index in [4.69, 9.17) is 4.74 Å². The molecule has 0 saturated carbocycles. The maximum Gasteiger partial charge on any atom is 0.260 e. The van der Waals surface area contributed by atoms with Crippen molar-refractivity contribution in [1.82, 2.24) is 9.80 Å². The number of benzene rings is 1. The number of amides is 2. The first kappa shape index (κ1) is 22.3. The van der Waals surface area contributed by atoms with Crippen molar-refractivity contribution >= 4 is 11.8 Å². The summed E-state index contributed by atoms with van der Waals surface area (Å²) in [6.45, 7) is 13.3. The van der Waals surface area contributed by atoms with Gasteiger partial charge < -0.3 is 14.5 Å². The fraction of sp³-hybridized carbons (Fsp3) is 0.652. The van der Waals surface area contributed by atoms with Gasteiger partial charge in [0, 0.05) is 30.2 Å². The van der Waals surface area contributed by atoms with Crippen molar-refractivity contribution in [2.45, 2.75) is 78.9 Å². The Morgan fingerprint density at radius 1 is 1.07 bits per heavy atom. The highest BCUT2D eigenvalue weighted by atomic mass is 16.5. The van der Waals surface area contributed by atoms with Crippen molar-refractivity contribution in [2.75, 3.05) is 13.2 Å². The quantitative estimate of drug-likeness (QED) is 0.697. The van der Waals surface area contributed by atoms with E-state index in [2.05, 4.69) is 27.7 Å². The summed E-state index contributed by atoms with van der Waals surface area (Å²) in [7, 11) is 0. The molecule has 5 nitrogen and oxygen atoms in total. The number of nitrogens with zero attached hydrogens (tertiary/aromatic N) is 2. The lowest BCUT2D eigenvalue weighted by Crippen LogP contribution is -2.49. The molecule has 0 spiro atoms. The molecule has 0 bridgehead atoms. The third-order valence-electron chi connectivity index (χ3n) is 5.39. The zero-order chi connectivity index (χ0) is 20.8. The van der Waals surface area contributed by atoms with E-state index in [1.807, 2.05) is 23.6 Å². The van der Waals surface area contributed by atoms with E-state index in [-0.39, 0.29) is 36.5 Å². The number of carbonyl (C=O) groups is 2. The maximum atomic E-state index is 12.8. The number of hydrogen-bond acceptors (Lipinski definition) is 3. The molecule has 2 rings (SSSR count). The molecule has 5 heteroatoms. The van der Waals surface area contributed by atoms with Crippen LogP contribution in [-0.2, 0) is 4.79 Å². The molecule has 28 heavy (non-hydrogen) atoms. The molecule has 1 heterocycles. The average molecular weight is 389 g/mol. The van der Waals surface area contributed by atoms with Crippen LogP contribution in [0.5, 0.6) is 5.75 Å². The fourth-order valence-electron chi connectivity index (χ4n) is 3.91. The average Bonchev–Trinajstić information content (AvgIpc) is 2.64. The number of ether oxygens (including phenoxy) is 1. The summed E-state index contributed by atoms with van der Waals surface area (Å²) in [5, 5.41) is 0. The van der Waals surface area contributed by atoms with Gasteiger partial charge in [-0.15, -0.1) is 0 Å². The van der Waals surface area contributed by atoms with E-state index in [0.717, 1.165) is 19.4 Å². The van der Waals surface area contributed by atoms with E-state index in [1.165, 1.54) is 6.42 Å². The van der Waals surface area contributed by atoms with Crippen LogP contribution in [0.15, 0.2) is 24.3 Å². The van der Waals surface area contributed by atoms with Crippen LogP contribution >= 0.6 is 0 Å². The highest BCUT2D eigenvalue weighted by Gasteiger charge is 2.29. The Kier molecular flexibility index (Phi) is 7.90. The summed E-state index contributed by atoms with van der Waals surface area (Å²) < 4.78 is 5.71. The predicted molar refractivity (Wildman–Crippen MR) is 113 cm³/mol. The van der Waals surface area contributed by atoms with Crippen LogP contribution in [0.2, 0.25) is 0 Å². The number of rotatable bonds is 7. The zero-order valence-corrected chi connectivity index (χ0v) is 18.3. The van der Waals surface area contributed by atoms with Crippen molar-refractivity contribution in [1.29, 1.82) is 0 Å². The van der Waals surface area contributed by atoms with Crippen molar-refractivity contribution in [3.05, 3.63) is 29.8 Å². The Morgan fingerprint density at radius 2 is 1.64 bits per heavy atom. The standard InChI is InChI=1S/C23H36N2O3/c1-16(2)14-24(17(3)4)23(27)20-10-12-21(13-11-20)28-15-22(26)25-18(5)8-7-9-19(25)6/h10-13,16-19H,7-9,14-15H2,1-6H3. The molecule has 1 aliphatic heterocycles. The van der Waals surface area contributed by atoms with Gasteiger partial charge >= 0.3 is 0 Å². The Bertz CT molecular complexity index is 644. The lowest BCUT2D eigenvalue weighted by molar-refractivity contribution is -0.139. The largest absolute Gasteiger partial charge is 0.484 e. The molecule has 156 valence electrons. The minimum atomic E-state index is 0.0299. The summed E-state index contributed by atoms with van der Waals surface area (Å²) in [6, 6.07) is 7.80. The Morgan fingerprint density at radius 3 is 2.14 bits per heavy atom. The minimum absolute atomic E-state index is 0.0299. The van der Waals surface area contributed by atoms with E-state index in [9.17, 15) is 9.59 Å². The van der Waals surface area contributed by atoms with Gasteiger partial charge in [0.2, 0.25) is 0 Å². The van der Waals surface area contributed by atoms with Gasteiger partial charge in [-0.05, 0) is 77.1 Å². The summed E-state index contributed by atoms with van der Waals surface area (Å²) in [6.07, 6.45) is 3.28. The Hall–Kier alpha value is -2.04. The highest BCUT2D eigenvalue weighted by molar-refractivity contribution is 5.94. The molecule has 1 aliphatic rings. The highest BCUT2D eigenvalue weighted by Crippen LogP contribution is 2.23. The number of piperidine rings is 1. The third kappa shape index (κ3) is 5.73. The maximum absolute atomic E-state index is 12.8. The van der Waals surface area contributed by atoms with Gasteiger partial charge in [-0.25, -0.2) is 0 Å². The molecule has 2 unspecified atom stereocenters. The molecule has 0 N–H and O–H groups in total. The topological polar surface area (TPSA) is 49.9 Å². The van der Waals surface area contributed by atoms with Gasteiger partial charge in [0.1, 0.15) is 5.75 Å². The third-order valence-corrected chi connectivity index (χ3v) is 5.39. The summed E-state index contributed by atoms with van der Waals surface area (Å²) in [5.74, 6) is 1.09. The first-order chi connectivity index (χ1) is 13.2. The van der Waals surface area contributed by atoms with Crippen LogP contribution in [-0.4, -0.2) is 52.9 Å². The van der Waals surface area contributed by atoms with E-state index in [0.29, 0.717) is 17.2 Å². The molecular formula is C23H36N2O3. The van der Waals surface area contributed by atoms with Crippen LogP contribution in [0.1, 0.15) is 71.2 Å². The monoisotopic (exact) mass is 388 g/mol. The van der Waals surface area contributed by atoms with Crippen LogP contribution in [0, 0.1) is 5.92 Å². The number of likely N-dealkylation sites (tertiary alicyclic amines) is 1. The summed E-state index contributed by atoms with van der Waals surface area (Å²) in [5.41, 5.74) is 0.645. The molecule has 1 saturated heterocycles. The molecule has 1 fully saturated rings. The first-order valence-corrected chi connectivity index (χ1v) is 10.6. The van der Waals surface area contributed by atoms with Gasteiger partial charge in [0.05, 0.1) is 0 Å². The van der Waals surface area contributed by atoms with Gasteiger partial charge in [0.25, 0.3) is 11.8 Å². The van der Waals surface area contributed by atoms with Gasteiger partial charge in [-0.3, -0.25) is 9.59 Å². The SMILES string of the molecule is CC(C)CN(C(=O)c1ccc(OCC(=O)N2C(C)CCCC2C)cc1)C(C)C. The minimum Gasteiger partial charge on any atom is -0.484 e. The normalized spacial score (nSPS) is 19.8. The van der Waals surface area contributed by atoms with Crippen LogP contribution in [0.3, 0.4) is 0 Å². The van der Waals surface area contributed by atoms with Crippen LogP contribution < -0.4 is 4.74 Å². The number of carbonyl (C=O) groups excluding carboxylic acids is 2. The first-order valence-electron chi connectivity index (χ1n) is 10.6. The fourth-order valence-corrected chi connectivity index (χ4v) is 3.91. The molecule has 0 aliphatic carbocycles. The van der Waals surface area contributed by atoms with Gasteiger partial charge in [-0.1, -0.05) is 13.8 Å². The van der Waals surface area contributed by atoms with Gasteiger partial charge in [-0.2, -0.15) is 0 Å². The molecule has 2 atom stereocenters. The second-order valence-electron chi connectivity index (χ2n) is 8.69. The molecular weight excluding hydrogens is 352 g/mol. The predicted octanol–water partition coefficient (Wildman–Crippen LogP) is 4.36. The van der Waals surface area contributed by atoms with Crippen molar-refractivity contribution in [2.24, 2.45) is 5.92 Å². The summed E-state index contributed by atoms with van der Waals surface area (Å²) in [4.78, 5) is 29.2. The second kappa shape index (κ2) is 9.94. The van der Waals surface area contributed by atoms with Crippen LogP contribution in [0.25, 0.3) is 0 Å². The van der Waals surface area contributed by atoms with E-state index in [1.54, 1.807) is 24.3 Å². The van der Waals surface area contributed by atoms with Crippen molar-refractivity contribution in [3.8, 4) is 5.75 Å². The molecule has 1 aromatic carbocycles. The smallest absolute Gasteiger partial charge is 0.260 e. The van der Waals surface area contributed by atoms with E-state index >= 15 is 0 Å². The van der Waals surface area contributed by atoms with Crippen LogP contribution in [0.4, 0.5) is 0 Å². The van der Waals surface area contributed by atoms with Gasteiger partial charge in [0.15, 0.2) is 6.61 Å². The molecule has 0 radical (unpaired) electrons. The zero-order valence-electron chi connectivity index (χ0n) is 18.3. The Labute approximate surface area is 170 Å². The number of hydrogen-bond donors (Lipinski definition) is 0. The molecule has 0 aromatic heterocycles. The Balaban J connectivity index is 1.96. The van der Waals surface area contributed by atoms with E-state index < -0.39 is 0 Å². The second-order valence-corrected chi connectivity index (χ2v) is 8.69. The lowest BCUT2D eigenvalue weighted by Gasteiger charge is -2.38. The molecule has 2 amide bonds. The lowest BCUT2D eigenvalue weighted by atomic mass is 9.97. The van der Waals surface area contributed by atoms with Crippen molar-refractivity contribution < 1.29 is 14.3 Å².